The zero-order chi connectivity index (χ0) is 16.4. The van der Waals surface area contributed by atoms with Crippen molar-refractivity contribution in [2.75, 3.05) is 13.7 Å². The second-order valence-electron chi connectivity index (χ2n) is 5.11. The fraction of sp³-hybridized carbons (Fsp3) is 0.188. The van der Waals surface area contributed by atoms with Crippen molar-refractivity contribution in [3.8, 4) is 0 Å². The molecule has 2 heterocycles. The average Bonchev–Trinajstić information content (AvgIpc) is 2.96. The number of fused-ring (bicyclic) bond motifs is 1. The molecule has 1 atom stereocenters. The number of aromatic nitrogens is 2. The van der Waals surface area contributed by atoms with Gasteiger partial charge in [-0.3, -0.25) is 4.98 Å². The average molecular weight is 331 g/mol. The number of likely N-dealkylation sites (N-methyl/N-ethyl adjacent to an activating group) is 1. The first-order valence-corrected chi connectivity index (χ1v) is 8.57. The van der Waals surface area contributed by atoms with E-state index in [9.17, 15) is 13.5 Å². The number of hydrogen-bond donors (Lipinski definition) is 2. The van der Waals surface area contributed by atoms with E-state index in [0.29, 0.717) is 16.6 Å². The highest BCUT2D eigenvalue weighted by Gasteiger charge is 2.26. The summed E-state index contributed by atoms with van der Waals surface area (Å²) in [7, 11) is -2.10. The molecule has 0 unspecified atom stereocenters. The van der Waals surface area contributed by atoms with Crippen LogP contribution < -0.4 is 5.32 Å². The number of aliphatic hydroxyl groups is 1. The fourth-order valence-corrected chi connectivity index (χ4v) is 4.19. The number of nitrogens with zero attached hydrogens (tertiary/aromatic N) is 2. The number of hydrogen-bond acceptors (Lipinski definition) is 5. The predicted octanol–water partition coefficient (Wildman–Crippen LogP) is 1.53. The first-order valence-electron chi connectivity index (χ1n) is 7.13. The van der Waals surface area contributed by atoms with Gasteiger partial charge in [0.15, 0.2) is 0 Å². The van der Waals surface area contributed by atoms with Crippen molar-refractivity contribution in [2.45, 2.75) is 10.9 Å². The third-order valence-corrected chi connectivity index (χ3v) is 5.51. The molecule has 0 saturated heterocycles. The predicted molar refractivity (Wildman–Crippen MR) is 87.6 cm³/mol. The molecule has 3 rings (SSSR count). The third kappa shape index (κ3) is 2.63. The van der Waals surface area contributed by atoms with Crippen LogP contribution in [0.2, 0.25) is 0 Å². The quantitative estimate of drug-likeness (QED) is 0.741. The zero-order valence-corrected chi connectivity index (χ0v) is 13.4. The molecule has 0 fully saturated rings. The number of nitrogens with one attached hydrogen (secondary N) is 1. The standard InChI is InChI=1S/C16H17N3O3S/c1-17-14(11-20)16-9-12-10-18-8-7-15(12)19(16)23(21,22)13-5-3-2-4-6-13/h2-10,14,17,20H,11H2,1H3/t14-/m1/s1. The van der Waals surface area contributed by atoms with E-state index in [1.165, 1.54) is 3.97 Å². The van der Waals surface area contributed by atoms with E-state index in [4.69, 9.17) is 0 Å². The van der Waals surface area contributed by atoms with Crippen molar-refractivity contribution >= 4 is 20.9 Å². The monoisotopic (exact) mass is 331 g/mol. The van der Waals surface area contributed by atoms with Crippen molar-refractivity contribution in [3.05, 3.63) is 60.6 Å². The minimum atomic E-state index is -3.78. The van der Waals surface area contributed by atoms with E-state index in [0.717, 1.165) is 0 Å². The summed E-state index contributed by atoms with van der Waals surface area (Å²) >= 11 is 0. The van der Waals surface area contributed by atoms with Gasteiger partial charge < -0.3 is 10.4 Å². The molecule has 0 aliphatic rings. The molecule has 0 amide bonds. The van der Waals surface area contributed by atoms with Crippen LogP contribution >= 0.6 is 0 Å². The molecule has 6 nitrogen and oxygen atoms in total. The van der Waals surface area contributed by atoms with Crippen LogP contribution in [0.25, 0.3) is 10.9 Å². The summed E-state index contributed by atoms with van der Waals surface area (Å²) < 4.78 is 27.5. The third-order valence-electron chi connectivity index (χ3n) is 3.75. The van der Waals surface area contributed by atoms with Gasteiger partial charge in [0.05, 0.1) is 28.8 Å². The van der Waals surface area contributed by atoms with Gasteiger partial charge in [0, 0.05) is 17.8 Å². The number of rotatable bonds is 5. The van der Waals surface area contributed by atoms with Crippen LogP contribution in [0.15, 0.2) is 59.8 Å². The fourth-order valence-electron chi connectivity index (χ4n) is 2.59. The molecule has 23 heavy (non-hydrogen) atoms. The van der Waals surface area contributed by atoms with Crippen LogP contribution in [0.4, 0.5) is 0 Å². The van der Waals surface area contributed by atoms with Crippen LogP contribution in [0.5, 0.6) is 0 Å². The number of aliphatic hydroxyl groups excluding tert-OH is 1. The lowest BCUT2D eigenvalue weighted by atomic mass is 10.2. The maximum atomic E-state index is 13.1. The van der Waals surface area contributed by atoms with Crippen LogP contribution in [-0.4, -0.2) is 36.1 Å². The van der Waals surface area contributed by atoms with E-state index >= 15 is 0 Å². The Hall–Kier alpha value is -2.22. The molecule has 0 saturated carbocycles. The van der Waals surface area contributed by atoms with Gasteiger partial charge in [-0.2, -0.15) is 0 Å². The first kappa shape index (κ1) is 15.7. The minimum Gasteiger partial charge on any atom is -0.394 e. The molecule has 120 valence electrons. The lowest BCUT2D eigenvalue weighted by molar-refractivity contribution is 0.248. The van der Waals surface area contributed by atoms with Crippen molar-refractivity contribution in [1.29, 1.82) is 0 Å². The maximum Gasteiger partial charge on any atom is 0.268 e. The van der Waals surface area contributed by atoms with Crippen molar-refractivity contribution in [2.24, 2.45) is 0 Å². The lowest BCUT2D eigenvalue weighted by Gasteiger charge is -2.17. The van der Waals surface area contributed by atoms with Gasteiger partial charge in [0.1, 0.15) is 0 Å². The molecule has 0 aliphatic carbocycles. The van der Waals surface area contributed by atoms with Crippen molar-refractivity contribution in [1.82, 2.24) is 14.3 Å². The molecule has 0 bridgehead atoms. The van der Waals surface area contributed by atoms with E-state index in [-0.39, 0.29) is 11.5 Å². The van der Waals surface area contributed by atoms with Gasteiger partial charge >= 0.3 is 0 Å². The highest BCUT2D eigenvalue weighted by Crippen LogP contribution is 2.28. The first-order chi connectivity index (χ1) is 11.1. The Labute approximate surface area is 134 Å². The molecule has 2 aromatic heterocycles. The van der Waals surface area contributed by atoms with Gasteiger partial charge in [0.25, 0.3) is 10.0 Å². The molecule has 1 aromatic carbocycles. The minimum absolute atomic E-state index is 0.198. The Morgan fingerprint density at radius 3 is 2.65 bits per heavy atom. The second-order valence-corrected chi connectivity index (χ2v) is 6.90. The van der Waals surface area contributed by atoms with E-state index < -0.39 is 16.1 Å². The zero-order valence-electron chi connectivity index (χ0n) is 12.5. The second kappa shape index (κ2) is 6.11. The molecule has 0 spiro atoms. The van der Waals surface area contributed by atoms with Gasteiger partial charge in [-0.15, -0.1) is 0 Å². The molecule has 7 heteroatoms. The van der Waals surface area contributed by atoms with E-state index in [2.05, 4.69) is 10.3 Å². The summed E-state index contributed by atoms with van der Waals surface area (Å²) in [5.74, 6) is 0. The molecule has 3 aromatic rings. The largest absolute Gasteiger partial charge is 0.394 e. The highest BCUT2D eigenvalue weighted by molar-refractivity contribution is 7.90. The van der Waals surface area contributed by atoms with Crippen molar-refractivity contribution in [3.63, 3.8) is 0 Å². The summed E-state index contributed by atoms with van der Waals surface area (Å²) in [5.41, 5.74) is 1.01. The molecule has 2 N–H and O–H groups in total. The van der Waals surface area contributed by atoms with E-state index in [1.807, 2.05) is 0 Å². The Morgan fingerprint density at radius 1 is 1.26 bits per heavy atom. The molecule has 0 aliphatic heterocycles. The molecule has 0 radical (unpaired) electrons. The summed E-state index contributed by atoms with van der Waals surface area (Å²) in [5, 5.41) is 13.2. The van der Waals surface area contributed by atoms with Crippen LogP contribution in [0, 0.1) is 0 Å². The number of pyridine rings is 1. The van der Waals surface area contributed by atoms with Crippen LogP contribution in [-0.2, 0) is 10.0 Å². The Kier molecular flexibility index (Phi) is 4.16. The number of benzene rings is 1. The van der Waals surface area contributed by atoms with Gasteiger partial charge in [-0.05, 0) is 31.3 Å². The normalized spacial score (nSPS) is 13.3. The van der Waals surface area contributed by atoms with Gasteiger partial charge in [-0.25, -0.2) is 12.4 Å². The molecular weight excluding hydrogens is 314 g/mol. The lowest BCUT2D eigenvalue weighted by Crippen LogP contribution is -2.26. The van der Waals surface area contributed by atoms with Crippen molar-refractivity contribution < 1.29 is 13.5 Å². The summed E-state index contributed by atoms with van der Waals surface area (Å²) in [4.78, 5) is 4.24. The maximum absolute atomic E-state index is 13.1. The SMILES string of the molecule is CN[C@H](CO)c1cc2cnccc2n1S(=O)(=O)c1ccccc1. The summed E-state index contributed by atoms with van der Waals surface area (Å²) in [6, 6.07) is 11.1. The van der Waals surface area contributed by atoms with Gasteiger partial charge in [0.2, 0.25) is 0 Å². The Balaban J connectivity index is 2.33. The molecular formula is C16H17N3O3S. The van der Waals surface area contributed by atoms with E-state index in [1.54, 1.807) is 61.9 Å². The summed E-state index contributed by atoms with van der Waals surface area (Å²) in [6.45, 7) is -0.218. The smallest absolute Gasteiger partial charge is 0.268 e. The Morgan fingerprint density at radius 2 is 2.00 bits per heavy atom. The van der Waals surface area contributed by atoms with Crippen LogP contribution in [0.3, 0.4) is 0 Å². The Bertz CT molecular complexity index is 916. The van der Waals surface area contributed by atoms with Crippen LogP contribution in [0.1, 0.15) is 11.7 Å². The van der Waals surface area contributed by atoms with Gasteiger partial charge in [-0.1, -0.05) is 18.2 Å². The highest BCUT2D eigenvalue weighted by atomic mass is 32.2. The summed E-state index contributed by atoms with van der Waals surface area (Å²) in [6.07, 6.45) is 3.16. The topological polar surface area (TPSA) is 84.2 Å².